The number of halogens is 3. The summed E-state index contributed by atoms with van der Waals surface area (Å²) < 4.78 is 28.5. The molecule has 0 aliphatic heterocycles. The van der Waals surface area contributed by atoms with Crippen LogP contribution < -0.4 is 10.9 Å². The van der Waals surface area contributed by atoms with Crippen molar-refractivity contribution in [2.24, 2.45) is 0 Å². The maximum atomic E-state index is 13.9. The highest BCUT2D eigenvalue weighted by molar-refractivity contribution is 9.10. The van der Waals surface area contributed by atoms with E-state index in [0.717, 1.165) is 4.68 Å². The Morgan fingerprint density at radius 3 is 2.48 bits per heavy atom. The van der Waals surface area contributed by atoms with Gasteiger partial charge in [-0.3, -0.25) is 9.59 Å². The molecule has 1 heterocycles. The Labute approximate surface area is 161 Å². The SMILES string of the molecule is CC(C(=O)Nc1ccc(Br)cc1F)n1nc(-c2ccc(F)cc2)ccc1=O. The van der Waals surface area contributed by atoms with Gasteiger partial charge in [0.25, 0.3) is 5.56 Å². The molecular weight excluding hydrogens is 420 g/mol. The van der Waals surface area contributed by atoms with Crippen molar-refractivity contribution < 1.29 is 13.6 Å². The van der Waals surface area contributed by atoms with Crippen LogP contribution in [0.1, 0.15) is 13.0 Å². The lowest BCUT2D eigenvalue weighted by molar-refractivity contribution is -0.119. The molecule has 1 atom stereocenters. The third-order valence-corrected chi connectivity index (χ3v) is 4.39. The molecule has 0 radical (unpaired) electrons. The fraction of sp³-hybridized carbons (Fsp3) is 0.105. The number of hydrogen-bond donors (Lipinski definition) is 1. The molecule has 27 heavy (non-hydrogen) atoms. The Balaban J connectivity index is 1.88. The van der Waals surface area contributed by atoms with Crippen LogP contribution in [-0.4, -0.2) is 15.7 Å². The van der Waals surface area contributed by atoms with E-state index in [0.29, 0.717) is 15.7 Å². The van der Waals surface area contributed by atoms with E-state index in [4.69, 9.17) is 0 Å². The molecule has 2 aromatic carbocycles. The lowest BCUT2D eigenvalue weighted by Gasteiger charge is -2.15. The zero-order chi connectivity index (χ0) is 19.6. The average molecular weight is 434 g/mol. The van der Waals surface area contributed by atoms with Gasteiger partial charge >= 0.3 is 0 Å². The largest absolute Gasteiger partial charge is 0.322 e. The molecule has 0 aliphatic rings. The highest BCUT2D eigenvalue weighted by atomic mass is 79.9. The van der Waals surface area contributed by atoms with Crippen LogP contribution in [0, 0.1) is 11.6 Å². The zero-order valence-corrected chi connectivity index (χ0v) is 15.7. The van der Waals surface area contributed by atoms with Crippen LogP contribution >= 0.6 is 15.9 Å². The zero-order valence-electron chi connectivity index (χ0n) is 14.1. The summed E-state index contributed by atoms with van der Waals surface area (Å²) in [6, 6.07) is 11.6. The fourth-order valence-electron chi connectivity index (χ4n) is 2.42. The first kappa shape index (κ1) is 18.9. The minimum atomic E-state index is -0.985. The van der Waals surface area contributed by atoms with E-state index in [1.807, 2.05) is 0 Å². The topological polar surface area (TPSA) is 64.0 Å². The van der Waals surface area contributed by atoms with Crippen molar-refractivity contribution in [3.63, 3.8) is 0 Å². The molecule has 1 unspecified atom stereocenters. The summed E-state index contributed by atoms with van der Waals surface area (Å²) in [6.07, 6.45) is 0. The Morgan fingerprint density at radius 2 is 1.81 bits per heavy atom. The number of rotatable bonds is 4. The summed E-state index contributed by atoms with van der Waals surface area (Å²) in [5.74, 6) is -1.59. The number of carbonyl (C=O) groups is 1. The predicted octanol–water partition coefficient (Wildman–Crippen LogP) is 4.15. The molecule has 3 rings (SSSR count). The van der Waals surface area contributed by atoms with Crippen molar-refractivity contribution in [3.8, 4) is 11.3 Å². The maximum absolute atomic E-state index is 13.9. The number of carbonyl (C=O) groups excluding carboxylic acids is 1. The Bertz CT molecular complexity index is 1050. The van der Waals surface area contributed by atoms with Crippen molar-refractivity contribution in [2.75, 3.05) is 5.32 Å². The lowest BCUT2D eigenvalue weighted by atomic mass is 10.1. The Hall–Kier alpha value is -2.87. The number of aromatic nitrogens is 2. The number of nitrogens with one attached hydrogen (secondary N) is 1. The highest BCUT2D eigenvalue weighted by Gasteiger charge is 2.19. The van der Waals surface area contributed by atoms with Crippen LogP contribution in [0.3, 0.4) is 0 Å². The molecule has 1 amide bonds. The molecule has 3 aromatic rings. The monoisotopic (exact) mass is 433 g/mol. The molecule has 5 nitrogen and oxygen atoms in total. The van der Waals surface area contributed by atoms with Gasteiger partial charge in [0.1, 0.15) is 17.7 Å². The summed E-state index contributed by atoms with van der Waals surface area (Å²) in [7, 11) is 0. The summed E-state index contributed by atoms with van der Waals surface area (Å²) in [4.78, 5) is 24.6. The van der Waals surface area contributed by atoms with Crippen molar-refractivity contribution in [3.05, 3.63) is 81.1 Å². The van der Waals surface area contributed by atoms with E-state index in [2.05, 4.69) is 26.3 Å². The van der Waals surface area contributed by atoms with E-state index in [9.17, 15) is 18.4 Å². The minimum absolute atomic E-state index is 0.00205. The van der Waals surface area contributed by atoms with Gasteiger partial charge in [0.05, 0.1) is 11.4 Å². The normalized spacial score (nSPS) is 11.9. The minimum Gasteiger partial charge on any atom is -0.322 e. The summed E-state index contributed by atoms with van der Waals surface area (Å²) in [5.41, 5.74) is 0.512. The summed E-state index contributed by atoms with van der Waals surface area (Å²) >= 11 is 3.14. The van der Waals surface area contributed by atoms with Crippen LogP contribution in [-0.2, 0) is 4.79 Å². The number of anilines is 1. The van der Waals surface area contributed by atoms with Gasteiger partial charge in [0.2, 0.25) is 5.91 Å². The third kappa shape index (κ3) is 4.28. The van der Waals surface area contributed by atoms with Gasteiger partial charge in [0, 0.05) is 16.1 Å². The molecule has 0 saturated heterocycles. The van der Waals surface area contributed by atoms with Crippen molar-refractivity contribution in [1.29, 1.82) is 0 Å². The van der Waals surface area contributed by atoms with Gasteiger partial charge < -0.3 is 5.32 Å². The van der Waals surface area contributed by atoms with Gasteiger partial charge in [-0.05, 0) is 55.5 Å². The molecule has 1 aromatic heterocycles. The van der Waals surface area contributed by atoms with E-state index in [1.54, 1.807) is 6.07 Å². The highest BCUT2D eigenvalue weighted by Crippen LogP contribution is 2.21. The molecule has 138 valence electrons. The van der Waals surface area contributed by atoms with Gasteiger partial charge in [-0.1, -0.05) is 15.9 Å². The van der Waals surface area contributed by atoms with Gasteiger partial charge in [-0.15, -0.1) is 0 Å². The second-order valence-electron chi connectivity index (χ2n) is 5.80. The smallest absolute Gasteiger partial charge is 0.267 e. The van der Waals surface area contributed by atoms with Crippen molar-refractivity contribution in [2.45, 2.75) is 13.0 Å². The molecule has 0 aliphatic carbocycles. The second kappa shape index (κ2) is 7.79. The van der Waals surface area contributed by atoms with Crippen LogP contribution in [0.5, 0.6) is 0 Å². The van der Waals surface area contributed by atoms with Gasteiger partial charge in [0.15, 0.2) is 0 Å². The molecule has 0 bridgehead atoms. The molecule has 1 N–H and O–H groups in total. The third-order valence-electron chi connectivity index (χ3n) is 3.90. The number of benzene rings is 2. The maximum Gasteiger partial charge on any atom is 0.267 e. The van der Waals surface area contributed by atoms with Crippen LogP contribution in [0.4, 0.5) is 14.5 Å². The average Bonchev–Trinajstić information content (AvgIpc) is 2.64. The quantitative estimate of drug-likeness (QED) is 0.671. The molecule has 0 fully saturated rings. The first-order valence-corrected chi connectivity index (χ1v) is 8.76. The molecule has 0 saturated carbocycles. The fourth-order valence-corrected chi connectivity index (χ4v) is 2.75. The van der Waals surface area contributed by atoms with Crippen molar-refractivity contribution in [1.82, 2.24) is 9.78 Å². The second-order valence-corrected chi connectivity index (χ2v) is 6.71. The molecule has 0 spiro atoms. The first-order valence-electron chi connectivity index (χ1n) is 7.97. The van der Waals surface area contributed by atoms with E-state index >= 15 is 0 Å². The molecular formula is C19H14BrF2N3O2. The summed E-state index contributed by atoms with van der Waals surface area (Å²) in [5, 5.41) is 6.64. The standard InChI is InChI=1S/C19H14BrF2N3O2/c1-11(19(27)23-17-7-4-13(20)10-15(17)22)25-18(26)9-8-16(24-25)12-2-5-14(21)6-3-12/h2-11H,1H3,(H,23,27). The lowest BCUT2D eigenvalue weighted by Crippen LogP contribution is -2.33. The van der Waals surface area contributed by atoms with E-state index in [1.165, 1.54) is 55.5 Å². The molecule has 8 heteroatoms. The Morgan fingerprint density at radius 1 is 1.11 bits per heavy atom. The summed E-state index contributed by atoms with van der Waals surface area (Å²) in [6.45, 7) is 1.48. The van der Waals surface area contributed by atoms with E-state index < -0.39 is 29.1 Å². The van der Waals surface area contributed by atoms with Crippen LogP contribution in [0.15, 0.2) is 63.9 Å². The predicted molar refractivity (Wildman–Crippen MR) is 101 cm³/mol. The van der Waals surface area contributed by atoms with Gasteiger partial charge in [-0.25, -0.2) is 13.5 Å². The van der Waals surface area contributed by atoms with Gasteiger partial charge in [-0.2, -0.15) is 5.10 Å². The first-order chi connectivity index (χ1) is 12.8. The Kier molecular flexibility index (Phi) is 5.46. The number of hydrogen-bond acceptors (Lipinski definition) is 3. The van der Waals surface area contributed by atoms with Crippen LogP contribution in [0.2, 0.25) is 0 Å². The van der Waals surface area contributed by atoms with Crippen molar-refractivity contribution >= 4 is 27.5 Å². The van der Waals surface area contributed by atoms with Crippen LogP contribution in [0.25, 0.3) is 11.3 Å². The number of amides is 1. The number of nitrogens with zero attached hydrogens (tertiary/aromatic N) is 2. The van der Waals surface area contributed by atoms with E-state index in [-0.39, 0.29) is 5.69 Å².